The minimum Gasteiger partial charge on any atom is -0.328 e. The Morgan fingerprint density at radius 2 is 1.96 bits per heavy atom. The molecule has 1 amide bonds. The van der Waals surface area contributed by atoms with Gasteiger partial charge in [-0.25, -0.2) is 12.7 Å². The molecule has 0 aliphatic carbocycles. The predicted molar refractivity (Wildman–Crippen MR) is 96.8 cm³/mol. The molecule has 1 fully saturated rings. The lowest BCUT2D eigenvalue weighted by molar-refractivity contribution is -0.117. The number of nitrogens with zero attached hydrogens (tertiary/aromatic N) is 2. The molecular weight excluding hydrogens is 352 g/mol. The number of piperidine rings is 1. The van der Waals surface area contributed by atoms with Crippen LogP contribution in [0.25, 0.3) is 0 Å². The van der Waals surface area contributed by atoms with Gasteiger partial charge in [0.25, 0.3) is 0 Å². The van der Waals surface area contributed by atoms with Gasteiger partial charge in [0.05, 0.1) is 11.4 Å². The molecule has 0 saturated carbocycles. The molecular formula is C15H25ClN4O3S. The topological polar surface area (TPSA) is 95.7 Å². The maximum absolute atomic E-state index is 12.1. The van der Waals surface area contributed by atoms with E-state index in [-0.39, 0.29) is 35.8 Å². The van der Waals surface area contributed by atoms with E-state index in [1.54, 1.807) is 12.1 Å². The fourth-order valence-corrected chi connectivity index (χ4v) is 3.41. The quantitative estimate of drug-likeness (QED) is 0.789. The van der Waals surface area contributed by atoms with Crippen LogP contribution in [0.3, 0.4) is 0 Å². The molecule has 1 saturated heterocycles. The van der Waals surface area contributed by atoms with E-state index in [0.717, 1.165) is 30.2 Å². The number of sulfonamides is 1. The van der Waals surface area contributed by atoms with Crippen LogP contribution in [0.2, 0.25) is 0 Å². The van der Waals surface area contributed by atoms with E-state index in [1.165, 1.54) is 26.2 Å². The van der Waals surface area contributed by atoms with Gasteiger partial charge in [-0.2, -0.15) is 0 Å². The first kappa shape index (κ1) is 20.9. The molecule has 1 aromatic carbocycles. The van der Waals surface area contributed by atoms with Gasteiger partial charge in [-0.1, -0.05) is 6.07 Å². The Morgan fingerprint density at radius 3 is 2.54 bits per heavy atom. The number of anilines is 1. The van der Waals surface area contributed by atoms with Gasteiger partial charge in [-0.15, -0.1) is 12.4 Å². The Morgan fingerprint density at radius 1 is 1.33 bits per heavy atom. The lowest BCUT2D eigenvalue weighted by Crippen LogP contribution is -2.43. The molecule has 3 N–H and O–H groups in total. The number of hydrogen-bond acceptors (Lipinski definition) is 5. The molecule has 7 nitrogen and oxygen atoms in total. The number of nitrogens with two attached hydrogens (primary N) is 1. The summed E-state index contributed by atoms with van der Waals surface area (Å²) >= 11 is 0. The van der Waals surface area contributed by atoms with E-state index in [9.17, 15) is 13.2 Å². The Labute approximate surface area is 149 Å². The summed E-state index contributed by atoms with van der Waals surface area (Å²) in [5.74, 6) is -0.153. The lowest BCUT2D eigenvalue weighted by atomic mass is 10.1. The molecule has 9 heteroatoms. The van der Waals surface area contributed by atoms with Crippen LogP contribution in [-0.4, -0.2) is 63.3 Å². The van der Waals surface area contributed by atoms with E-state index in [4.69, 9.17) is 5.73 Å². The molecule has 0 spiro atoms. The summed E-state index contributed by atoms with van der Waals surface area (Å²) in [6.45, 7) is 1.91. The predicted octanol–water partition coefficient (Wildman–Crippen LogP) is 0.720. The Balaban J connectivity index is 0.00000288. The third kappa shape index (κ3) is 5.42. The molecule has 24 heavy (non-hydrogen) atoms. The summed E-state index contributed by atoms with van der Waals surface area (Å²) < 4.78 is 25.4. The maximum atomic E-state index is 12.1. The Kier molecular flexibility index (Phi) is 7.62. The molecule has 0 bridgehead atoms. The number of carbonyl (C=O) groups excluding carboxylic acids is 1. The summed E-state index contributed by atoms with van der Waals surface area (Å²) in [5.41, 5.74) is 6.32. The highest BCUT2D eigenvalue weighted by Crippen LogP contribution is 2.18. The Bertz CT molecular complexity index is 658. The largest absolute Gasteiger partial charge is 0.328 e. The van der Waals surface area contributed by atoms with Crippen LogP contribution in [0, 0.1) is 0 Å². The number of benzene rings is 1. The third-order valence-electron chi connectivity index (χ3n) is 3.90. The highest BCUT2D eigenvalue weighted by Gasteiger charge is 2.20. The zero-order chi connectivity index (χ0) is 17.0. The van der Waals surface area contributed by atoms with Crippen molar-refractivity contribution in [2.75, 3.05) is 39.0 Å². The number of carbonyl (C=O) groups is 1. The van der Waals surface area contributed by atoms with Crippen molar-refractivity contribution >= 4 is 34.0 Å². The maximum Gasteiger partial charge on any atom is 0.242 e. The summed E-state index contributed by atoms with van der Waals surface area (Å²) in [6, 6.07) is 6.50. The molecule has 0 atom stereocenters. The van der Waals surface area contributed by atoms with Crippen LogP contribution in [0.15, 0.2) is 29.2 Å². The molecule has 0 radical (unpaired) electrons. The van der Waals surface area contributed by atoms with Crippen molar-refractivity contribution in [3.05, 3.63) is 24.3 Å². The first-order chi connectivity index (χ1) is 10.8. The SMILES string of the molecule is CN(C)S(=O)(=O)c1cccc(NC(=O)CN2CCC(N)CC2)c1.Cl. The van der Waals surface area contributed by atoms with Gasteiger partial charge in [0.1, 0.15) is 0 Å². The molecule has 0 unspecified atom stereocenters. The summed E-state index contributed by atoms with van der Waals surface area (Å²) in [4.78, 5) is 14.3. The average molecular weight is 377 g/mol. The fourth-order valence-electron chi connectivity index (χ4n) is 2.46. The highest BCUT2D eigenvalue weighted by atomic mass is 35.5. The van der Waals surface area contributed by atoms with Crippen molar-refractivity contribution in [1.29, 1.82) is 0 Å². The molecule has 0 aromatic heterocycles. The van der Waals surface area contributed by atoms with Gasteiger partial charge >= 0.3 is 0 Å². The van der Waals surface area contributed by atoms with Crippen molar-refractivity contribution < 1.29 is 13.2 Å². The molecule has 2 rings (SSSR count). The molecule has 136 valence electrons. The number of nitrogens with one attached hydrogen (secondary N) is 1. The van der Waals surface area contributed by atoms with Crippen molar-refractivity contribution in [1.82, 2.24) is 9.21 Å². The number of likely N-dealkylation sites (tertiary alicyclic amines) is 1. The second-order valence-electron chi connectivity index (χ2n) is 5.98. The van der Waals surface area contributed by atoms with Crippen LogP contribution < -0.4 is 11.1 Å². The fraction of sp³-hybridized carbons (Fsp3) is 0.533. The van der Waals surface area contributed by atoms with Crippen molar-refractivity contribution in [2.24, 2.45) is 5.73 Å². The number of amides is 1. The van der Waals surface area contributed by atoms with E-state index < -0.39 is 10.0 Å². The zero-order valence-corrected chi connectivity index (χ0v) is 15.6. The van der Waals surface area contributed by atoms with Gasteiger partial charge in [0.15, 0.2) is 0 Å². The standard InChI is InChI=1S/C15H24N4O3S.ClH/c1-18(2)23(21,22)14-5-3-4-13(10-14)17-15(20)11-19-8-6-12(16)7-9-19;/h3-5,10,12H,6-9,11,16H2,1-2H3,(H,17,20);1H. The Hall–Kier alpha value is -1.19. The van der Waals surface area contributed by atoms with Gasteiger partial charge in [0.2, 0.25) is 15.9 Å². The zero-order valence-electron chi connectivity index (χ0n) is 13.9. The summed E-state index contributed by atoms with van der Waals surface area (Å²) in [7, 11) is -0.563. The van der Waals surface area contributed by atoms with E-state index in [0.29, 0.717) is 5.69 Å². The molecule has 1 aromatic rings. The minimum absolute atomic E-state index is 0. The average Bonchev–Trinajstić information content (AvgIpc) is 2.49. The third-order valence-corrected chi connectivity index (χ3v) is 5.71. The highest BCUT2D eigenvalue weighted by molar-refractivity contribution is 7.89. The van der Waals surface area contributed by atoms with Crippen LogP contribution in [-0.2, 0) is 14.8 Å². The van der Waals surface area contributed by atoms with Crippen LogP contribution >= 0.6 is 12.4 Å². The number of hydrogen-bond donors (Lipinski definition) is 2. The van der Waals surface area contributed by atoms with Gasteiger partial charge in [-0.3, -0.25) is 9.69 Å². The summed E-state index contributed by atoms with van der Waals surface area (Å²) in [5, 5.41) is 2.76. The molecule has 1 aliphatic heterocycles. The van der Waals surface area contributed by atoms with E-state index >= 15 is 0 Å². The van der Waals surface area contributed by atoms with Crippen molar-refractivity contribution in [2.45, 2.75) is 23.8 Å². The second-order valence-corrected chi connectivity index (χ2v) is 8.13. The number of rotatable bonds is 5. The lowest BCUT2D eigenvalue weighted by Gasteiger charge is -2.29. The van der Waals surface area contributed by atoms with Gasteiger partial charge in [-0.05, 0) is 31.0 Å². The monoisotopic (exact) mass is 376 g/mol. The smallest absolute Gasteiger partial charge is 0.242 e. The summed E-state index contributed by atoms with van der Waals surface area (Å²) in [6.07, 6.45) is 1.79. The second kappa shape index (κ2) is 8.77. The van der Waals surface area contributed by atoms with Gasteiger partial charge in [0, 0.05) is 38.9 Å². The number of halogens is 1. The van der Waals surface area contributed by atoms with Crippen LogP contribution in [0.4, 0.5) is 5.69 Å². The first-order valence-electron chi connectivity index (χ1n) is 7.59. The molecule has 1 aliphatic rings. The van der Waals surface area contributed by atoms with Crippen molar-refractivity contribution in [3.63, 3.8) is 0 Å². The first-order valence-corrected chi connectivity index (χ1v) is 9.03. The van der Waals surface area contributed by atoms with Gasteiger partial charge < -0.3 is 11.1 Å². The molecule has 1 heterocycles. The minimum atomic E-state index is -3.51. The van der Waals surface area contributed by atoms with Crippen LogP contribution in [0.1, 0.15) is 12.8 Å². The van der Waals surface area contributed by atoms with E-state index in [1.807, 2.05) is 0 Å². The van der Waals surface area contributed by atoms with Crippen LogP contribution in [0.5, 0.6) is 0 Å². The van der Waals surface area contributed by atoms with E-state index in [2.05, 4.69) is 10.2 Å². The van der Waals surface area contributed by atoms with Crippen molar-refractivity contribution in [3.8, 4) is 0 Å². The normalized spacial score (nSPS) is 16.7.